The standard InChI is InChI=1S/C20H24N2O/c1-4-22(20(23)16-7-8-16)19(17-6-5-9-21-13-17)18-11-14(2)10-15(3)12-18/h5-6,9-13,16,19H,4,7-8H2,1-3H3/t19-/m1/s1. The molecule has 0 saturated heterocycles. The molecule has 1 aliphatic rings. The normalized spacial score (nSPS) is 15.3. The van der Waals surface area contributed by atoms with Crippen molar-refractivity contribution in [2.24, 2.45) is 5.92 Å². The van der Waals surface area contributed by atoms with Crippen LogP contribution in [0.1, 0.15) is 48.1 Å². The molecule has 1 saturated carbocycles. The van der Waals surface area contributed by atoms with Crippen LogP contribution in [-0.4, -0.2) is 22.3 Å². The lowest BCUT2D eigenvalue weighted by Crippen LogP contribution is -2.36. The van der Waals surface area contributed by atoms with Crippen molar-refractivity contribution in [3.8, 4) is 0 Å². The number of aryl methyl sites for hydroxylation is 2. The van der Waals surface area contributed by atoms with Crippen LogP contribution in [0.25, 0.3) is 0 Å². The molecule has 0 radical (unpaired) electrons. The van der Waals surface area contributed by atoms with E-state index in [0.29, 0.717) is 6.54 Å². The molecule has 0 bridgehead atoms. The molecule has 0 spiro atoms. The van der Waals surface area contributed by atoms with Gasteiger partial charge >= 0.3 is 0 Å². The SMILES string of the molecule is CCN(C(=O)C1CC1)[C@H](c1cccnc1)c1cc(C)cc(C)c1. The Bertz CT molecular complexity index is 672. The zero-order valence-electron chi connectivity index (χ0n) is 14.1. The van der Waals surface area contributed by atoms with E-state index in [0.717, 1.165) is 18.4 Å². The number of nitrogens with zero attached hydrogens (tertiary/aromatic N) is 2. The fourth-order valence-corrected chi connectivity index (χ4v) is 3.29. The third-order valence-electron chi connectivity index (χ3n) is 4.42. The largest absolute Gasteiger partial charge is 0.332 e. The molecule has 1 heterocycles. The predicted octanol–water partition coefficient (Wildman–Crippen LogP) is 4.05. The zero-order valence-corrected chi connectivity index (χ0v) is 14.1. The number of aromatic nitrogens is 1. The lowest BCUT2D eigenvalue weighted by molar-refractivity contribution is -0.134. The molecule has 3 rings (SSSR count). The van der Waals surface area contributed by atoms with Gasteiger partial charge in [-0.25, -0.2) is 0 Å². The summed E-state index contributed by atoms with van der Waals surface area (Å²) in [6.45, 7) is 6.99. The molecule has 1 atom stereocenters. The van der Waals surface area contributed by atoms with Gasteiger partial charge in [0, 0.05) is 24.9 Å². The van der Waals surface area contributed by atoms with Gasteiger partial charge in [0.1, 0.15) is 0 Å². The number of carbonyl (C=O) groups is 1. The van der Waals surface area contributed by atoms with E-state index >= 15 is 0 Å². The summed E-state index contributed by atoms with van der Waals surface area (Å²) in [5, 5.41) is 0. The van der Waals surface area contributed by atoms with Crippen molar-refractivity contribution in [3.63, 3.8) is 0 Å². The number of carbonyl (C=O) groups excluding carboxylic acids is 1. The first-order chi connectivity index (χ1) is 11.1. The monoisotopic (exact) mass is 308 g/mol. The van der Waals surface area contributed by atoms with Crippen LogP contribution < -0.4 is 0 Å². The minimum atomic E-state index is -0.0552. The van der Waals surface area contributed by atoms with Gasteiger partial charge in [-0.15, -0.1) is 0 Å². The van der Waals surface area contributed by atoms with Crippen LogP contribution in [0.3, 0.4) is 0 Å². The number of pyridine rings is 1. The molecular weight excluding hydrogens is 284 g/mol. The Morgan fingerprint density at radius 2 is 1.91 bits per heavy atom. The molecule has 0 unspecified atom stereocenters. The van der Waals surface area contributed by atoms with E-state index in [-0.39, 0.29) is 17.9 Å². The highest BCUT2D eigenvalue weighted by atomic mass is 16.2. The maximum absolute atomic E-state index is 12.8. The summed E-state index contributed by atoms with van der Waals surface area (Å²) in [4.78, 5) is 19.1. The fourth-order valence-electron chi connectivity index (χ4n) is 3.29. The summed E-state index contributed by atoms with van der Waals surface area (Å²) in [6, 6.07) is 10.5. The van der Waals surface area contributed by atoms with E-state index < -0.39 is 0 Å². The highest BCUT2D eigenvalue weighted by molar-refractivity contribution is 5.82. The third-order valence-corrected chi connectivity index (χ3v) is 4.42. The van der Waals surface area contributed by atoms with Crippen molar-refractivity contribution in [2.45, 2.75) is 39.7 Å². The Labute approximate surface area is 138 Å². The van der Waals surface area contributed by atoms with E-state index in [2.05, 4.69) is 50.0 Å². The van der Waals surface area contributed by atoms with Crippen molar-refractivity contribution < 1.29 is 4.79 Å². The summed E-state index contributed by atoms with van der Waals surface area (Å²) in [6.07, 6.45) is 5.72. The summed E-state index contributed by atoms with van der Waals surface area (Å²) in [5.74, 6) is 0.500. The second kappa shape index (κ2) is 6.53. The van der Waals surface area contributed by atoms with Crippen molar-refractivity contribution in [1.82, 2.24) is 9.88 Å². The summed E-state index contributed by atoms with van der Waals surface area (Å²) < 4.78 is 0. The molecule has 3 nitrogen and oxygen atoms in total. The molecule has 120 valence electrons. The first kappa shape index (κ1) is 15.7. The minimum absolute atomic E-state index is 0.0552. The number of hydrogen-bond acceptors (Lipinski definition) is 2. The van der Waals surface area contributed by atoms with Crippen molar-refractivity contribution in [1.29, 1.82) is 0 Å². The molecule has 1 aromatic carbocycles. The summed E-state index contributed by atoms with van der Waals surface area (Å²) in [5.41, 5.74) is 4.70. The molecule has 0 aliphatic heterocycles. The molecule has 2 aromatic rings. The van der Waals surface area contributed by atoms with Crippen LogP contribution in [0.15, 0.2) is 42.7 Å². The molecule has 1 fully saturated rings. The van der Waals surface area contributed by atoms with Crippen molar-refractivity contribution in [3.05, 3.63) is 65.0 Å². The van der Waals surface area contributed by atoms with Crippen LogP contribution in [0.5, 0.6) is 0 Å². The lowest BCUT2D eigenvalue weighted by Gasteiger charge is -2.32. The molecule has 0 N–H and O–H groups in total. The van der Waals surface area contributed by atoms with Gasteiger partial charge in [-0.3, -0.25) is 9.78 Å². The van der Waals surface area contributed by atoms with E-state index in [4.69, 9.17) is 0 Å². The van der Waals surface area contributed by atoms with E-state index in [1.807, 2.05) is 17.2 Å². The Morgan fingerprint density at radius 3 is 2.43 bits per heavy atom. The quantitative estimate of drug-likeness (QED) is 0.835. The number of amides is 1. The van der Waals surface area contributed by atoms with E-state index in [1.165, 1.54) is 16.7 Å². The molecule has 3 heteroatoms. The van der Waals surface area contributed by atoms with Crippen LogP contribution in [-0.2, 0) is 4.79 Å². The molecule has 1 amide bonds. The topological polar surface area (TPSA) is 33.2 Å². The Balaban J connectivity index is 2.07. The van der Waals surface area contributed by atoms with Gasteiger partial charge in [0.05, 0.1) is 6.04 Å². The highest BCUT2D eigenvalue weighted by Gasteiger charge is 2.36. The molecule has 23 heavy (non-hydrogen) atoms. The maximum atomic E-state index is 12.8. The number of hydrogen-bond donors (Lipinski definition) is 0. The van der Waals surface area contributed by atoms with Gasteiger partial charge in [0.2, 0.25) is 5.91 Å². The van der Waals surface area contributed by atoms with E-state index in [1.54, 1.807) is 6.20 Å². The second-order valence-corrected chi connectivity index (χ2v) is 6.51. The van der Waals surface area contributed by atoms with Crippen LogP contribution in [0.4, 0.5) is 0 Å². The zero-order chi connectivity index (χ0) is 16.4. The van der Waals surface area contributed by atoms with E-state index in [9.17, 15) is 4.79 Å². The van der Waals surface area contributed by atoms with Crippen LogP contribution in [0, 0.1) is 19.8 Å². The minimum Gasteiger partial charge on any atom is -0.332 e. The van der Waals surface area contributed by atoms with Crippen LogP contribution >= 0.6 is 0 Å². The smallest absolute Gasteiger partial charge is 0.226 e. The maximum Gasteiger partial charge on any atom is 0.226 e. The number of rotatable bonds is 5. The van der Waals surface area contributed by atoms with Gasteiger partial charge in [-0.2, -0.15) is 0 Å². The van der Waals surface area contributed by atoms with Gasteiger partial charge in [0.15, 0.2) is 0 Å². The Morgan fingerprint density at radius 1 is 1.22 bits per heavy atom. The highest BCUT2D eigenvalue weighted by Crippen LogP contribution is 2.36. The average Bonchev–Trinajstić information content (AvgIpc) is 3.36. The summed E-state index contributed by atoms with van der Waals surface area (Å²) in [7, 11) is 0. The molecule has 1 aliphatic carbocycles. The molecular formula is C20H24N2O. The summed E-state index contributed by atoms with van der Waals surface area (Å²) >= 11 is 0. The molecule has 1 aromatic heterocycles. The fraction of sp³-hybridized carbons (Fsp3) is 0.400. The van der Waals surface area contributed by atoms with Gasteiger partial charge in [-0.1, -0.05) is 35.4 Å². The van der Waals surface area contributed by atoms with Crippen molar-refractivity contribution >= 4 is 5.91 Å². The van der Waals surface area contributed by atoms with Gasteiger partial charge in [0.25, 0.3) is 0 Å². The second-order valence-electron chi connectivity index (χ2n) is 6.51. The lowest BCUT2D eigenvalue weighted by atomic mass is 9.95. The third kappa shape index (κ3) is 3.44. The Kier molecular flexibility index (Phi) is 4.46. The van der Waals surface area contributed by atoms with Gasteiger partial charge in [-0.05, 0) is 50.8 Å². The Hall–Kier alpha value is -2.16. The first-order valence-electron chi connectivity index (χ1n) is 8.38. The predicted molar refractivity (Wildman–Crippen MR) is 92.1 cm³/mol. The van der Waals surface area contributed by atoms with Gasteiger partial charge < -0.3 is 4.90 Å². The number of benzene rings is 1. The average molecular weight is 308 g/mol. The van der Waals surface area contributed by atoms with Crippen molar-refractivity contribution in [2.75, 3.05) is 6.54 Å². The first-order valence-corrected chi connectivity index (χ1v) is 8.38. The van der Waals surface area contributed by atoms with Crippen LogP contribution in [0.2, 0.25) is 0 Å².